The Hall–Kier alpha value is -0.440. The van der Waals surface area contributed by atoms with E-state index < -0.39 is 74.6 Å². The summed E-state index contributed by atoms with van der Waals surface area (Å²) >= 11 is 0. The van der Waals surface area contributed by atoms with Crippen LogP contribution >= 0.6 is 0 Å². The number of hydrogen-bond acceptors (Lipinski definition) is 11. The van der Waals surface area contributed by atoms with Crippen molar-refractivity contribution in [2.45, 2.75) is 61.4 Å². The van der Waals surface area contributed by atoms with Gasteiger partial charge in [-0.15, -0.1) is 0 Å². The number of aliphatic hydroxyl groups is 8. The van der Waals surface area contributed by atoms with E-state index in [1.807, 2.05) is 0 Å². The van der Waals surface area contributed by atoms with Crippen LogP contribution in [0, 0.1) is 0 Å². The maximum absolute atomic E-state index is 9.78. The van der Waals surface area contributed by atoms with E-state index in [4.69, 9.17) is 19.3 Å². The SMILES string of the molecule is OC[C@@H]1O[C@H](OC[C@@H]2O[C@@H](O)[C@H](O)[C@H](O)[C@@H]2O)[C@H](O)[C@H](O)[C@@H]1O. The normalized spacial score (nSPS) is 51.7. The molecule has 0 amide bonds. The standard InChI is InChI=1S/C12H22O11/c13-1-3-5(14)8(17)10(19)12(23-3)21-2-4-6(15)7(16)9(18)11(20)22-4/h3-20H,1-2H2/t3-,4-,5+,6+,7+,8+,9+,10+,11+,12-/m0/s1. The van der Waals surface area contributed by atoms with Crippen LogP contribution in [0.4, 0.5) is 0 Å². The Bertz CT molecular complexity index is 380. The molecule has 2 aliphatic heterocycles. The van der Waals surface area contributed by atoms with Crippen molar-refractivity contribution in [3.8, 4) is 0 Å². The van der Waals surface area contributed by atoms with Gasteiger partial charge >= 0.3 is 0 Å². The van der Waals surface area contributed by atoms with Crippen molar-refractivity contribution >= 4 is 0 Å². The highest BCUT2D eigenvalue weighted by molar-refractivity contribution is 4.91. The van der Waals surface area contributed by atoms with Crippen LogP contribution < -0.4 is 0 Å². The van der Waals surface area contributed by atoms with Gasteiger partial charge in [0.05, 0.1) is 13.2 Å². The minimum atomic E-state index is -1.74. The molecule has 11 heteroatoms. The molecular formula is C12H22O11. The van der Waals surface area contributed by atoms with Crippen LogP contribution in [-0.2, 0) is 14.2 Å². The summed E-state index contributed by atoms with van der Waals surface area (Å²) in [5.41, 5.74) is 0. The van der Waals surface area contributed by atoms with Crippen molar-refractivity contribution in [2.75, 3.05) is 13.2 Å². The van der Waals surface area contributed by atoms with Crippen LogP contribution in [0.25, 0.3) is 0 Å². The summed E-state index contributed by atoms with van der Waals surface area (Å²) in [4.78, 5) is 0. The molecule has 2 saturated heterocycles. The Morgan fingerprint density at radius 1 is 0.652 bits per heavy atom. The average Bonchev–Trinajstić information content (AvgIpc) is 2.54. The van der Waals surface area contributed by atoms with Gasteiger partial charge in [-0.3, -0.25) is 0 Å². The first-order valence-electron chi connectivity index (χ1n) is 7.07. The van der Waals surface area contributed by atoms with Crippen molar-refractivity contribution < 1.29 is 55.1 Å². The zero-order valence-electron chi connectivity index (χ0n) is 12.0. The lowest BCUT2D eigenvalue weighted by Gasteiger charge is -2.41. The molecule has 11 nitrogen and oxygen atoms in total. The minimum absolute atomic E-state index is 0.468. The number of ether oxygens (including phenoxy) is 3. The smallest absolute Gasteiger partial charge is 0.186 e. The summed E-state index contributed by atoms with van der Waals surface area (Å²) in [5.74, 6) is 0. The molecule has 0 bridgehead atoms. The van der Waals surface area contributed by atoms with Crippen LogP contribution in [0.2, 0.25) is 0 Å². The van der Waals surface area contributed by atoms with Gasteiger partial charge in [-0.25, -0.2) is 0 Å². The zero-order valence-corrected chi connectivity index (χ0v) is 12.0. The van der Waals surface area contributed by atoms with Crippen LogP contribution in [0.15, 0.2) is 0 Å². The fourth-order valence-corrected chi connectivity index (χ4v) is 2.46. The van der Waals surface area contributed by atoms with Crippen molar-refractivity contribution in [3.63, 3.8) is 0 Å². The molecule has 0 spiro atoms. The van der Waals surface area contributed by atoms with Crippen LogP contribution in [-0.4, -0.2) is 115 Å². The molecule has 8 N–H and O–H groups in total. The molecule has 2 aliphatic rings. The summed E-state index contributed by atoms with van der Waals surface area (Å²) in [5, 5.41) is 76.1. The van der Waals surface area contributed by atoms with Gasteiger partial charge in [0.25, 0.3) is 0 Å². The first-order valence-corrected chi connectivity index (χ1v) is 7.07. The Morgan fingerprint density at radius 2 is 1.22 bits per heavy atom. The summed E-state index contributed by atoms with van der Waals surface area (Å²) in [6, 6.07) is 0. The second kappa shape index (κ2) is 7.63. The molecule has 0 aliphatic carbocycles. The molecule has 2 heterocycles. The second-order valence-electron chi connectivity index (χ2n) is 5.57. The third-order valence-corrected chi connectivity index (χ3v) is 3.96. The van der Waals surface area contributed by atoms with E-state index >= 15 is 0 Å². The van der Waals surface area contributed by atoms with Crippen molar-refractivity contribution in [1.29, 1.82) is 0 Å². The van der Waals surface area contributed by atoms with E-state index in [0.717, 1.165) is 0 Å². The molecule has 0 aromatic rings. The van der Waals surface area contributed by atoms with Gasteiger partial charge in [-0.2, -0.15) is 0 Å². The molecule has 0 aromatic heterocycles. The van der Waals surface area contributed by atoms with Gasteiger partial charge < -0.3 is 55.1 Å². The van der Waals surface area contributed by atoms with Crippen LogP contribution in [0.1, 0.15) is 0 Å². The largest absolute Gasteiger partial charge is 0.394 e. The van der Waals surface area contributed by atoms with E-state index in [1.165, 1.54) is 0 Å². The predicted molar refractivity (Wildman–Crippen MR) is 68.6 cm³/mol. The molecule has 0 unspecified atom stereocenters. The molecular weight excluding hydrogens is 320 g/mol. The lowest BCUT2D eigenvalue weighted by Crippen LogP contribution is -2.61. The fourth-order valence-electron chi connectivity index (χ4n) is 2.46. The van der Waals surface area contributed by atoms with E-state index in [1.54, 1.807) is 0 Å². The molecule has 2 rings (SSSR count). The highest BCUT2D eigenvalue weighted by Gasteiger charge is 2.46. The van der Waals surface area contributed by atoms with E-state index in [2.05, 4.69) is 0 Å². The highest BCUT2D eigenvalue weighted by atomic mass is 16.7. The minimum Gasteiger partial charge on any atom is -0.394 e. The van der Waals surface area contributed by atoms with E-state index in [0.29, 0.717) is 0 Å². The number of aliphatic hydroxyl groups excluding tert-OH is 8. The average molecular weight is 342 g/mol. The van der Waals surface area contributed by atoms with Gasteiger partial charge in [0.15, 0.2) is 12.6 Å². The lowest BCUT2D eigenvalue weighted by molar-refractivity contribution is -0.325. The van der Waals surface area contributed by atoms with Crippen LogP contribution in [0.5, 0.6) is 0 Å². The lowest BCUT2D eigenvalue weighted by atomic mass is 9.98. The first-order chi connectivity index (χ1) is 10.8. The maximum atomic E-state index is 9.78. The molecule has 0 radical (unpaired) electrons. The van der Waals surface area contributed by atoms with Gasteiger partial charge in [-0.1, -0.05) is 0 Å². The molecule has 0 saturated carbocycles. The van der Waals surface area contributed by atoms with E-state index in [9.17, 15) is 35.7 Å². The first kappa shape index (κ1) is 18.9. The maximum Gasteiger partial charge on any atom is 0.186 e. The zero-order chi connectivity index (χ0) is 17.3. The molecule has 0 aromatic carbocycles. The van der Waals surface area contributed by atoms with Gasteiger partial charge in [-0.05, 0) is 0 Å². The van der Waals surface area contributed by atoms with Crippen molar-refractivity contribution in [3.05, 3.63) is 0 Å². The molecule has 136 valence electrons. The monoisotopic (exact) mass is 342 g/mol. The second-order valence-corrected chi connectivity index (χ2v) is 5.57. The van der Waals surface area contributed by atoms with Gasteiger partial charge in [0.1, 0.15) is 48.8 Å². The summed E-state index contributed by atoms with van der Waals surface area (Å²) in [6.45, 7) is -1.10. The van der Waals surface area contributed by atoms with Crippen molar-refractivity contribution in [1.82, 2.24) is 0 Å². The summed E-state index contributed by atoms with van der Waals surface area (Å²) in [6.07, 6.45) is -15.3. The van der Waals surface area contributed by atoms with Gasteiger partial charge in [0.2, 0.25) is 0 Å². The molecule has 2 fully saturated rings. The number of rotatable bonds is 4. The fraction of sp³-hybridized carbons (Fsp3) is 1.00. The predicted octanol–water partition coefficient (Wildman–Crippen LogP) is -5.40. The third kappa shape index (κ3) is 3.81. The topological polar surface area (TPSA) is 190 Å². The Morgan fingerprint density at radius 3 is 1.83 bits per heavy atom. The Balaban J connectivity index is 1.94. The molecule has 23 heavy (non-hydrogen) atoms. The number of hydrogen-bond donors (Lipinski definition) is 8. The van der Waals surface area contributed by atoms with Crippen molar-refractivity contribution in [2.24, 2.45) is 0 Å². The highest BCUT2D eigenvalue weighted by Crippen LogP contribution is 2.24. The Kier molecular flexibility index (Phi) is 6.27. The quantitative estimate of drug-likeness (QED) is 0.243. The van der Waals surface area contributed by atoms with Gasteiger partial charge in [0, 0.05) is 0 Å². The molecule has 10 atom stereocenters. The van der Waals surface area contributed by atoms with Crippen LogP contribution in [0.3, 0.4) is 0 Å². The van der Waals surface area contributed by atoms with E-state index in [-0.39, 0.29) is 0 Å². The third-order valence-electron chi connectivity index (χ3n) is 3.96. The Labute approximate surface area is 130 Å². The summed E-state index contributed by atoms with van der Waals surface area (Å²) < 4.78 is 15.1. The summed E-state index contributed by atoms with van der Waals surface area (Å²) in [7, 11) is 0.